The number of hydrogen-bond donors (Lipinski definition) is 2. The molecule has 0 bridgehead atoms. The highest BCUT2D eigenvalue weighted by Crippen LogP contribution is 2.25. The zero-order chi connectivity index (χ0) is 17.7. The number of anilines is 1. The van der Waals surface area contributed by atoms with Crippen molar-refractivity contribution in [2.45, 2.75) is 13.8 Å². The van der Waals surface area contributed by atoms with Crippen molar-refractivity contribution in [3.05, 3.63) is 58.7 Å². The monoisotopic (exact) mass is 322 g/mol. The number of nitrogens with one attached hydrogen (secondary N) is 1. The number of amides is 1. The molecule has 0 aromatic heterocycles. The first-order valence-corrected chi connectivity index (χ1v) is 7.32. The van der Waals surface area contributed by atoms with Crippen LogP contribution in [-0.4, -0.2) is 18.1 Å². The molecule has 24 heavy (non-hydrogen) atoms. The molecule has 2 N–H and O–H groups in total. The molecule has 2 aromatic carbocycles. The van der Waals surface area contributed by atoms with Crippen molar-refractivity contribution in [3.63, 3.8) is 0 Å². The Bertz CT molecular complexity index is 848. The summed E-state index contributed by atoms with van der Waals surface area (Å²) in [5.74, 6) is -0.107. The number of rotatable bonds is 4. The normalized spacial score (nSPS) is 10.8. The summed E-state index contributed by atoms with van der Waals surface area (Å²) in [7, 11) is 1.49. The summed E-state index contributed by atoms with van der Waals surface area (Å²) in [4.78, 5) is 12.3. The lowest BCUT2D eigenvalue weighted by Crippen LogP contribution is -2.14. The fraction of sp³-hybridized carbons (Fsp3) is 0.158. The Morgan fingerprint density at radius 2 is 2.00 bits per heavy atom. The first-order valence-electron chi connectivity index (χ1n) is 7.32. The zero-order valence-corrected chi connectivity index (χ0v) is 13.8. The van der Waals surface area contributed by atoms with Gasteiger partial charge in [-0.25, -0.2) is 0 Å². The van der Waals surface area contributed by atoms with E-state index >= 15 is 0 Å². The fourth-order valence-electron chi connectivity index (χ4n) is 2.22. The summed E-state index contributed by atoms with van der Waals surface area (Å²) in [5, 5.41) is 21.9. The first kappa shape index (κ1) is 17.1. The maximum Gasteiger partial charge on any atom is 0.266 e. The van der Waals surface area contributed by atoms with Crippen molar-refractivity contribution in [1.82, 2.24) is 0 Å². The molecular weight excluding hydrogens is 304 g/mol. The quantitative estimate of drug-likeness (QED) is 0.666. The van der Waals surface area contributed by atoms with Crippen LogP contribution in [0.2, 0.25) is 0 Å². The van der Waals surface area contributed by atoms with Gasteiger partial charge in [-0.1, -0.05) is 17.7 Å². The summed E-state index contributed by atoms with van der Waals surface area (Å²) in [6, 6.07) is 12.1. The fourth-order valence-corrected chi connectivity index (χ4v) is 2.22. The Balaban J connectivity index is 2.27. The molecule has 0 spiro atoms. The van der Waals surface area contributed by atoms with Crippen LogP contribution in [0.25, 0.3) is 6.08 Å². The highest BCUT2D eigenvalue weighted by Gasteiger charge is 2.12. The number of methoxy groups -OCH3 is 1. The van der Waals surface area contributed by atoms with Crippen LogP contribution in [0, 0.1) is 25.2 Å². The number of nitrogens with zero attached hydrogens (tertiary/aromatic N) is 1. The number of carbonyl (C=O) groups is 1. The van der Waals surface area contributed by atoms with Gasteiger partial charge in [0.1, 0.15) is 23.1 Å². The molecule has 5 nitrogen and oxygen atoms in total. The molecule has 2 aromatic rings. The van der Waals surface area contributed by atoms with Gasteiger partial charge < -0.3 is 15.2 Å². The van der Waals surface area contributed by atoms with Gasteiger partial charge in [-0.3, -0.25) is 4.79 Å². The maximum atomic E-state index is 12.3. The number of ether oxygens (including phenoxy) is 1. The van der Waals surface area contributed by atoms with Crippen LogP contribution in [0.5, 0.6) is 11.5 Å². The van der Waals surface area contributed by atoms with E-state index in [-0.39, 0.29) is 11.3 Å². The van der Waals surface area contributed by atoms with Gasteiger partial charge in [-0.2, -0.15) is 5.26 Å². The molecule has 0 unspecified atom stereocenters. The van der Waals surface area contributed by atoms with E-state index in [1.807, 2.05) is 32.0 Å². The number of nitriles is 1. The number of hydrogen-bond acceptors (Lipinski definition) is 4. The number of phenolic OH excluding ortho intramolecular Hbond substituents is 1. The number of aromatic hydroxyl groups is 1. The maximum absolute atomic E-state index is 12.3. The lowest BCUT2D eigenvalue weighted by atomic mass is 10.1. The highest BCUT2D eigenvalue weighted by atomic mass is 16.5. The van der Waals surface area contributed by atoms with Crippen molar-refractivity contribution in [3.8, 4) is 17.6 Å². The van der Waals surface area contributed by atoms with Crippen LogP contribution in [-0.2, 0) is 4.79 Å². The number of carbonyl (C=O) groups excluding carboxylic acids is 1. The lowest BCUT2D eigenvalue weighted by molar-refractivity contribution is -0.112. The largest absolute Gasteiger partial charge is 0.507 e. The molecule has 1 amide bonds. The standard InChI is InChI=1S/C19H18N2O3/c1-12-4-7-17(13(2)8-12)21-19(23)15(11-20)9-14-5-6-16(24-3)10-18(14)22/h4-10,22H,1-3H3,(H,21,23)/b15-9+. The van der Waals surface area contributed by atoms with Crippen LogP contribution in [0.15, 0.2) is 42.0 Å². The van der Waals surface area contributed by atoms with E-state index in [1.54, 1.807) is 18.2 Å². The summed E-state index contributed by atoms with van der Waals surface area (Å²) < 4.78 is 5.01. The zero-order valence-electron chi connectivity index (χ0n) is 13.8. The van der Waals surface area contributed by atoms with Gasteiger partial charge in [0.2, 0.25) is 0 Å². The van der Waals surface area contributed by atoms with Crippen LogP contribution in [0.3, 0.4) is 0 Å². The van der Waals surface area contributed by atoms with Gasteiger partial charge in [-0.15, -0.1) is 0 Å². The average molecular weight is 322 g/mol. The molecular formula is C19H18N2O3. The van der Waals surface area contributed by atoms with Gasteiger partial charge in [0.15, 0.2) is 0 Å². The third-order valence-corrected chi connectivity index (χ3v) is 3.53. The van der Waals surface area contributed by atoms with Crippen molar-refractivity contribution < 1.29 is 14.6 Å². The molecule has 2 rings (SSSR count). The second kappa shape index (κ2) is 7.34. The van der Waals surface area contributed by atoms with Crippen LogP contribution in [0.1, 0.15) is 16.7 Å². The van der Waals surface area contributed by atoms with E-state index in [1.165, 1.54) is 19.3 Å². The Labute approximate surface area is 140 Å². The van der Waals surface area contributed by atoms with Crippen LogP contribution < -0.4 is 10.1 Å². The van der Waals surface area contributed by atoms with Gasteiger partial charge in [0.25, 0.3) is 5.91 Å². The minimum Gasteiger partial charge on any atom is -0.507 e. The molecule has 5 heteroatoms. The highest BCUT2D eigenvalue weighted by molar-refractivity contribution is 6.10. The molecule has 0 radical (unpaired) electrons. The molecule has 122 valence electrons. The number of benzene rings is 2. The van der Waals surface area contributed by atoms with Crippen molar-refractivity contribution in [2.24, 2.45) is 0 Å². The summed E-state index contributed by atoms with van der Waals surface area (Å²) in [5.41, 5.74) is 2.90. The average Bonchev–Trinajstić information content (AvgIpc) is 2.56. The predicted molar refractivity (Wildman–Crippen MR) is 92.8 cm³/mol. The summed E-state index contributed by atoms with van der Waals surface area (Å²) >= 11 is 0. The number of phenols is 1. The van der Waals surface area contributed by atoms with E-state index in [0.717, 1.165) is 11.1 Å². The molecule has 0 aliphatic rings. The van der Waals surface area contributed by atoms with Gasteiger partial charge >= 0.3 is 0 Å². The van der Waals surface area contributed by atoms with E-state index < -0.39 is 5.91 Å². The Hall–Kier alpha value is -3.26. The van der Waals surface area contributed by atoms with E-state index in [9.17, 15) is 15.2 Å². The van der Waals surface area contributed by atoms with Crippen molar-refractivity contribution in [2.75, 3.05) is 12.4 Å². The first-order chi connectivity index (χ1) is 11.4. The Morgan fingerprint density at radius 1 is 1.25 bits per heavy atom. The Morgan fingerprint density at radius 3 is 2.58 bits per heavy atom. The molecule has 0 fully saturated rings. The number of aryl methyl sites for hydroxylation is 2. The van der Waals surface area contributed by atoms with Crippen molar-refractivity contribution in [1.29, 1.82) is 5.26 Å². The van der Waals surface area contributed by atoms with Gasteiger partial charge in [-0.05, 0) is 43.7 Å². The second-order valence-corrected chi connectivity index (χ2v) is 5.37. The third kappa shape index (κ3) is 3.93. The smallest absolute Gasteiger partial charge is 0.266 e. The van der Waals surface area contributed by atoms with E-state index in [4.69, 9.17) is 4.74 Å². The van der Waals surface area contributed by atoms with E-state index in [0.29, 0.717) is 17.0 Å². The van der Waals surface area contributed by atoms with Crippen LogP contribution >= 0.6 is 0 Å². The van der Waals surface area contributed by atoms with Gasteiger partial charge in [0, 0.05) is 17.3 Å². The summed E-state index contributed by atoms with van der Waals surface area (Å²) in [6.45, 7) is 3.85. The second-order valence-electron chi connectivity index (χ2n) is 5.37. The predicted octanol–water partition coefficient (Wildman–Crippen LogP) is 3.56. The summed E-state index contributed by atoms with van der Waals surface area (Å²) in [6.07, 6.45) is 1.34. The third-order valence-electron chi connectivity index (χ3n) is 3.53. The topological polar surface area (TPSA) is 82.3 Å². The molecule has 0 saturated heterocycles. The molecule has 0 aliphatic heterocycles. The molecule has 0 aliphatic carbocycles. The Kier molecular flexibility index (Phi) is 5.23. The molecule has 0 heterocycles. The molecule has 0 saturated carbocycles. The minimum absolute atomic E-state index is 0.0681. The molecule has 0 atom stereocenters. The SMILES string of the molecule is COc1ccc(/C=C(\C#N)C(=O)Nc2ccc(C)cc2C)c(O)c1. The van der Waals surface area contributed by atoms with Gasteiger partial charge in [0.05, 0.1) is 7.11 Å². The van der Waals surface area contributed by atoms with Crippen LogP contribution in [0.4, 0.5) is 5.69 Å². The van der Waals surface area contributed by atoms with Crippen molar-refractivity contribution >= 4 is 17.7 Å². The van der Waals surface area contributed by atoms with E-state index in [2.05, 4.69) is 5.32 Å². The lowest BCUT2D eigenvalue weighted by Gasteiger charge is -2.09. The minimum atomic E-state index is -0.528.